The zero-order chi connectivity index (χ0) is 14.5. The molecule has 0 aliphatic carbocycles. The fourth-order valence-electron chi connectivity index (χ4n) is 1.53. The normalized spacial score (nSPS) is 13.1. The molecule has 0 spiro atoms. The number of carbonyl (C=O) groups excluding carboxylic acids is 1. The van der Waals surface area contributed by atoms with E-state index in [0.29, 0.717) is 5.69 Å². The number of aryl methyl sites for hydroxylation is 1. The quantitative estimate of drug-likeness (QED) is 0.867. The summed E-state index contributed by atoms with van der Waals surface area (Å²) in [7, 11) is 0. The van der Waals surface area contributed by atoms with Crippen LogP contribution in [0.3, 0.4) is 0 Å². The molecule has 1 aromatic carbocycles. The molecule has 0 bridgehead atoms. The van der Waals surface area contributed by atoms with Crippen LogP contribution in [0, 0.1) is 6.92 Å². The number of halogens is 3. The molecular weight excluding hydrogens is 257 g/mol. The monoisotopic (exact) mass is 274 g/mol. The van der Waals surface area contributed by atoms with Crippen LogP contribution in [0.4, 0.5) is 18.9 Å². The third-order valence-corrected chi connectivity index (χ3v) is 2.48. The number of alkyl halides is 3. The van der Waals surface area contributed by atoms with E-state index in [-0.39, 0.29) is 12.5 Å². The average Bonchev–Trinajstić information content (AvgIpc) is 2.27. The summed E-state index contributed by atoms with van der Waals surface area (Å²) in [4.78, 5) is 11.5. The van der Waals surface area contributed by atoms with E-state index in [2.05, 4.69) is 10.6 Å². The van der Waals surface area contributed by atoms with Crippen molar-refractivity contribution in [2.45, 2.75) is 32.5 Å². The van der Waals surface area contributed by atoms with Gasteiger partial charge in [0.1, 0.15) is 0 Å². The van der Waals surface area contributed by atoms with Crippen LogP contribution >= 0.6 is 0 Å². The smallest absolute Gasteiger partial charge is 0.325 e. The molecule has 0 fully saturated rings. The Balaban J connectivity index is 2.34. The minimum Gasteiger partial charge on any atom is -0.325 e. The van der Waals surface area contributed by atoms with Gasteiger partial charge in [0, 0.05) is 11.7 Å². The number of hydrogen-bond acceptors (Lipinski definition) is 2. The third-order valence-electron chi connectivity index (χ3n) is 2.48. The van der Waals surface area contributed by atoms with Gasteiger partial charge < -0.3 is 10.6 Å². The van der Waals surface area contributed by atoms with Gasteiger partial charge in [-0.1, -0.05) is 17.7 Å². The van der Waals surface area contributed by atoms with Crippen molar-refractivity contribution in [3.05, 3.63) is 29.8 Å². The van der Waals surface area contributed by atoms with Crippen LogP contribution in [0.5, 0.6) is 0 Å². The van der Waals surface area contributed by atoms with Gasteiger partial charge in [-0.3, -0.25) is 4.79 Å². The van der Waals surface area contributed by atoms with E-state index < -0.39 is 18.6 Å². The minimum absolute atomic E-state index is 0.148. The third kappa shape index (κ3) is 6.81. The first-order valence-electron chi connectivity index (χ1n) is 5.93. The Kier molecular flexibility index (Phi) is 5.35. The molecular formula is C13H17F3N2O. The Hall–Kier alpha value is -1.56. The van der Waals surface area contributed by atoms with E-state index in [1.807, 2.05) is 19.1 Å². The van der Waals surface area contributed by atoms with Crippen molar-refractivity contribution in [2.24, 2.45) is 0 Å². The van der Waals surface area contributed by atoms with Crippen molar-refractivity contribution in [3.63, 3.8) is 0 Å². The van der Waals surface area contributed by atoms with Gasteiger partial charge in [0.15, 0.2) is 0 Å². The lowest BCUT2D eigenvalue weighted by Gasteiger charge is -2.15. The van der Waals surface area contributed by atoms with Gasteiger partial charge in [-0.25, -0.2) is 0 Å². The van der Waals surface area contributed by atoms with Gasteiger partial charge in [0.05, 0.1) is 13.0 Å². The van der Waals surface area contributed by atoms with E-state index in [4.69, 9.17) is 0 Å². The molecule has 3 nitrogen and oxygen atoms in total. The molecule has 0 saturated carbocycles. The molecule has 19 heavy (non-hydrogen) atoms. The molecule has 0 heterocycles. The van der Waals surface area contributed by atoms with Crippen LogP contribution in [0.1, 0.15) is 18.9 Å². The number of benzene rings is 1. The zero-order valence-corrected chi connectivity index (χ0v) is 10.8. The Morgan fingerprint density at radius 2 is 1.84 bits per heavy atom. The topological polar surface area (TPSA) is 41.1 Å². The Labute approximate surface area is 110 Å². The highest BCUT2D eigenvalue weighted by molar-refractivity contribution is 5.92. The average molecular weight is 274 g/mol. The first-order valence-corrected chi connectivity index (χ1v) is 5.93. The van der Waals surface area contributed by atoms with E-state index in [0.717, 1.165) is 5.56 Å². The maximum absolute atomic E-state index is 12.1. The van der Waals surface area contributed by atoms with Crippen molar-refractivity contribution in [1.29, 1.82) is 0 Å². The molecule has 6 heteroatoms. The molecule has 0 aliphatic rings. The fourth-order valence-corrected chi connectivity index (χ4v) is 1.53. The van der Waals surface area contributed by atoms with Gasteiger partial charge in [-0.15, -0.1) is 0 Å². The first kappa shape index (κ1) is 15.5. The summed E-state index contributed by atoms with van der Waals surface area (Å²) in [6.45, 7) is 3.17. The maximum Gasteiger partial charge on any atom is 0.390 e. The summed E-state index contributed by atoms with van der Waals surface area (Å²) in [5, 5.41) is 5.14. The standard InChI is InChI=1S/C13H17F3N2O/c1-9-3-5-11(6-4-9)18-12(19)8-17-10(2)7-13(14,15)16/h3-6,10,17H,7-8H2,1-2H3,(H,18,19). The largest absolute Gasteiger partial charge is 0.390 e. The lowest BCUT2D eigenvalue weighted by atomic mass is 10.2. The Morgan fingerprint density at radius 3 is 2.37 bits per heavy atom. The van der Waals surface area contributed by atoms with E-state index in [1.54, 1.807) is 12.1 Å². The van der Waals surface area contributed by atoms with Crippen molar-refractivity contribution in [2.75, 3.05) is 11.9 Å². The SMILES string of the molecule is Cc1ccc(NC(=O)CNC(C)CC(F)(F)F)cc1. The van der Waals surface area contributed by atoms with E-state index >= 15 is 0 Å². The van der Waals surface area contributed by atoms with Gasteiger partial charge in [0.2, 0.25) is 5.91 Å². The number of hydrogen-bond donors (Lipinski definition) is 2. The van der Waals surface area contributed by atoms with Crippen LogP contribution in [0.2, 0.25) is 0 Å². The molecule has 1 unspecified atom stereocenters. The lowest BCUT2D eigenvalue weighted by Crippen LogP contribution is -2.37. The molecule has 2 N–H and O–H groups in total. The summed E-state index contributed by atoms with van der Waals surface area (Å²) >= 11 is 0. The molecule has 1 amide bonds. The van der Waals surface area contributed by atoms with Gasteiger partial charge in [0.25, 0.3) is 0 Å². The second kappa shape index (κ2) is 6.56. The van der Waals surface area contributed by atoms with Gasteiger partial charge in [-0.05, 0) is 26.0 Å². The molecule has 0 aliphatic heterocycles. The fraction of sp³-hybridized carbons (Fsp3) is 0.462. The molecule has 1 atom stereocenters. The predicted octanol–water partition coefficient (Wildman–Crippen LogP) is 2.86. The van der Waals surface area contributed by atoms with Crippen LogP contribution in [0.15, 0.2) is 24.3 Å². The van der Waals surface area contributed by atoms with Crippen LogP contribution in [0.25, 0.3) is 0 Å². The lowest BCUT2D eigenvalue weighted by molar-refractivity contribution is -0.139. The molecule has 106 valence electrons. The highest BCUT2D eigenvalue weighted by Crippen LogP contribution is 2.21. The maximum atomic E-state index is 12.1. The summed E-state index contributed by atoms with van der Waals surface area (Å²) in [5.41, 5.74) is 1.69. The second-order valence-corrected chi connectivity index (χ2v) is 4.52. The summed E-state index contributed by atoms with van der Waals surface area (Å²) in [6.07, 6.45) is -5.18. The molecule has 1 rings (SSSR count). The minimum atomic E-state index is -4.22. The van der Waals surface area contributed by atoms with E-state index in [9.17, 15) is 18.0 Å². The number of carbonyl (C=O) groups is 1. The highest BCUT2D eigenvalue weighted by Gasteiger charge is 2.29. The Morgan fingerprint density at radius 1 is 1.26 bits per heavy atom. The number of nitrogens with one attached hydrogen (secondary N) is 2. The van der Waals surface area contributed by atoms with Gasteiger partial charge in [-0.2, -0.15) is 13.2 Å². The van der Waals surface area contributed by atoms with Crippen LogP contribution < -0.4 is 10.6 Å². The van der Waals surface area contributed by atoms with Crippen molar-refractivity contribution in [3.8, 4) is 0 Å². The summed E-state index contributed by atoms with van der Waals surface area (Å²) < 4.78 is 36.2. The molecule has 1 aromatic rings. The summed E-state index contributed by atoms with van der Waals surface area (Å²) in [6, 6.07) is 6.38. The number of anilines is 1. The molecule has 0 aromatic heterocycles. The van der Waals surface area contributed by atoms with Crippen LogP contribution in [-0.4, -0.2) is 24.7 Å². The van der Waals surface area contributed by atoms with Crippen molar-refractivity contribution in [1.82, 2.24) is 5.32 Å². The highest BCUT2D eigenvalue weighted by atomic mass is 19.4. The van der Waals surface area contributed by atoms with Crippen molar-refractivity contribution < 1.29 is 18.0 Å². The summed E-state index contributed by atoms with van der Waals surface area (Å²) in [5.74, 6) is -0.363. The second-order valence-electron chi connectivity index (χ2n) is 4.52. The van der Waals surface area contributed by atoms with Crippen LogP contribution in [-0.2, 0) is 4.79 Å². The molecule has 0 saturated heterocycles. The zero-order valence-electron chi connectivity index (χ0n) is 10.8. The van der Waals surface area contributed by atoms with E-state index in [1.165, 1.54) is 6.92 Å². The molecule has 0 radical (unpaired) electrons. The van der Waals surface area contributed by atoms with Gasteiger partial charge >= 0.3 is 6.18 Å². The number of amides is 1. The first-order chi connectivity index (χ1) is 8.76. The van der Waals surface area contributed by atoms with Crippen molar-refractivity contribution >= 4 is 11.6 Å². The Bertz CT molecular complexity index is 415. The predicted molar refractivity (Wildman–Crippen MR) is 67.9 cm³/mol. The number of rotatable bonds is 5.